The first-order chi connectivity index (χ1) is 19.3. The van der Waals surface area contributed by atoms with Crippen LogP contribution in [-0.2, 0) is 5.41 Å². The van der Waals surface area contributed by atoms with E-state index in [2.05, 4.69) is 146 Å². The average molecular weight is 499 g/mol. The van der Waals surface area contributed by atoms with Crippen LogP contribution in [0.4, 0.5) is 0 Å². The minimum Gasteiger partial charge on any atom is -0.456 e. The molecule has 8 rings (SSSR count). The number of aryl methyl sites for hydroxylation is 1. The number of ether oxygens (including phenoxy) is 1. The van der Waals surface area contributed by atoms with Crippen LogP contribution in [0.2, 0.25) is 0 Å². The first-order valence-electron chi connectivity index (χ1n) is 13.5. The maximum atomic E-state index is 6.91. The Morgan fingerprint density at radius 3 is 1.79 bits per heavy atom. The molecule has 184 valence electrons. The Balaban J connectivity index is 1.46. The molecule has 39 heavy (non-hydrogen) atoms. The normalized spacial score (nSPS) is 13.7. The molecule has 1 aliphatic carbocycles. The lowest BCUT2D eigenvalue weighted by molar-refractivity contribution is 0.437. The van der Waals surface area contributed by atoms with Crippen LogP contribution in [0.5, 0.6) is 11.5 Å². The zero-order valence-electron chi connectivity index (χ0n) is 21.7. The van der Waals surface area contributed by atoms with Gasteiger partial charge in [0.1, 0.15) is 11.5 Å². The fraction of sp³-hybridized carbons (Fsp3) is 0.0526. The van der Waals surface area contributed by atoms with Gasteiger partial charge in [-0.05, 0) is 63.6 Å². The van der Waals surface area contributed by atoms with Crippen molar-refractivity contribution in [2.24, 2.45) is 0 Å². The van der Waals surface area contributed by atoms with Crippen LogP contribution in [0.1, 0.15) is 27.8 Å². The average Bonchev–Trinajstić information content (AvgIpc) is 3.29. The molecule has 0 aromatic heterocycles. The SMILES string of the molecule is Cc1ccc2c(c1-c1cccc(-c3ccccc3)c1)Oc1ccccc1C21c2ccccc2-c2ccccc21. The van der Waals surface area contributed by atoms with E-state index in [1.54, 1.807) is 0 Å². The summed E-state index contributed by atoms with van der Waals surface area (Å²) in [6.07, 6.45) is 0. The molecule has 1 aliphatic heterocycles. The summed E-state index contributed by atoms with van der Waals surface area (Å²) in [5.74, 6) is 1.87. The van der Waals surface area contributed by atoms with Crippen LogP contribution in [0.15, 0.2) is 140 Å². The van der Waals surface area contributed by atoms with Gasteiger partial charge in [-0.3, -0.25) is 0 Å². The first kappa shape index (κ1) is 22.1. The molecule has 2 aliphatic rings. The van der Waals surface area contributed by atoms with Crippen molar-refractivity contribution in [2.45, 2.75) is 12.3 Å². The molecule has 0 N–H and O–H groups in total. The molecular weight excluding hydrogens is 472 g/mol. The Morgan fingerprint density at radius 2 is 1.05 bits per heavy atom. The van der Waals surface area contributed by atoms with E-state index in [0.29, 0.717) is 0 Å². The molecule has 1 spiro atoms. The second-order valence-electron chi connectivity index (χ2n) is 10.5. The third-order valence-electron chi connectivity index (χ3n) is 8.48. The van der Waals surface area contributed by atoms with E-state index in [1.807, 2.05) is 0 Å². The zero-order valence-corrected chi connectivity index (χ0v) is 21.7. The molecule has 6 aromatic carbocycles. The minimum atomic E-state index is -0.448. The summed E-state index contributed by atoms with van der Waals surface area (Å²) in [5, 5.41) is 0. The van der Waals surface area contributed by atoms with Gasteiger partial charge in [0.25, 0.3) is 0 Å². The number of benzene rings is 6. The van der Waals surface area contributed by atoms with Crippen molar-refractivity contribution in [3.05, 3.63) is 167 Å². The Bertz CT molecular complexity index is 1850. The Labute approximate surface area is 229 Å². The molecule has 0 saturated heterocycles. The molecule has 1 heterocycles. The lowest BCUT2D eigenvalue weighted by Crippen LogP contribution is -2.32. The van der Waals surface area contributed by atoms with Gasteiger partial charge < -0.3 is 4.74 Å². The van der Waals surface area contributed by atoms with Crippen molar-refractivity contribution in [1.82, 2.24) is 0 Å². The fourth-order valence-corrected chi connectivity index (χ4v) is 6.86. The zero-order chi connectivity index (χ0) is 26.0. The van der Waals surface area contributed by atoms with E-state index < -0.39 is 5.41 Å². The van der Waals surface area contributed by atoms with Gasteiger partial charge in [0, 0.05) is 16.7 Å². The number of fused-ring (bicyclic) bond motifs is 9. The maximum absolute atomic E-state index is 6.91. The molecule has 0 fully saturated rings. The summed E-state index contributed by atoms with van der Waals surface area (Å²) >= 11 is 0. The number of hydrogen-bond donors (Lipinski definition) is 0. The van der Waals surface area contributed by atoms with Gasteiger partial charge in [-0.2, -0.15) is 0 Å². The van der Waals surface area contributed by atoms with Crippen molar-refractivity contribution < 1.29 is 4.74 Å². The summed E-state index contributed by atoms with van der Waals surface area (Å²) in [5.41, 5.74) is 13.1. The van der Waals surface area contributed by atoms with E-state index in [-0.39, 0.29) is 0 Å². The van der Waals surface area contributed by atoms with Gasteiger partial charge in [0.15, 0.2) is 0 Å². The van der Waals surface area contributed by atoms with Crippen LogP contribution < -0.4 is 4.74 Å². The van der Waals surface area contributed by atoms with Gasteiger partial charge in [-0.25, -0.2) is 0 Å². The highest BCUT2D eigenvalue weighted by Crippen LogP contribution is 2.63. The lowest BCUT2D eigenvalue weighted by atomic mass is 9.65. The third kappa shape index (κ3) is 3.02. The van der Waals surface area contributed by atoms with Crippen LogP contribution >= 0.6 is 0 Å². The smallest absolute Gasteiger partial charge is 0.140 e. The maximum Gasteiger partial charge on any atom is 0.140 e. The quantitative estimate of drug-likeness (QED) is 0.230. The van der Waals surface area contributed by atoms with Gasteiger partial charge in [0.05, 0.1) is 5.41 Å². The van der Waals surface area contributed by atoms with E-state index in [4.69, 9.17) is 4.74 Å². The lowest BCUT2D eigenvalue weighted by Gasteiger charge is -2.40. The van der Waals surface area contributed by atoms with Crippen LogP contribution in [0.25, 0.3) is 33.4 Å². The molecule has 0 radical (unpaired) electrons. The molecule has 0 bridgehead atoms. The summed E-state index contributed by atoms with van der Waals surface area (Å²) < 4.78 is 6.91. The molecule has 0 saturated carbocycles. The molecular formula is C38H26O. The Hall–Kier alpha value is -4.88. The second-order valence-corrected chi connectivity index (χ2v) is 10.5. The van der Waals surface area contributed by atoms with Gasteiger partial charge >= 0.3 is 0 Å². The molecule has 6 aromatic rings. The van der Waals surface area contributed by atoms with Crippen molar-refractivity contribution in [3.8, 4) is 44.9 Å². The highest BCUT2D eigenvalue weighted by atomic mass is 16.5. The molecule has 0 amide bonds. The number of hydrogen-bond acceptors (Lipinski definition) is 1. The van der Waals surface area contributed by atoms with Crippen molar-refractivity contribution in [1.29, 1.82) is 0 Å². The Kier molecular flexibility index (Phi) is 4.72. The third-order valence-corrected chi connectivity index (χ3v) is 8.48. The van der Waals surface area contributed by atoms with Gasteiger partial charge in [-0.1, -0.05) is 127 Å². The summed E-state index contributed by atoms with van der Waals surface area (Å²) in [6.45, 7) is 2.19. The second kappa shape index (κ2) is 8.31. The Morgan fingerprint density at radius 1 is 0.462 bits per heavy atom. The van der Waals surface area contributed by atoms with Crippen molar-refractivity contribution in [3.63, 3.8) is 0 Å². The standard InChI is InChI=1S/C38H26O/c1-25-22-23-34-37(36(25)28-15-11-14-27(24-28)26-12-3-2-4-13-26)39-35-21-10-9-20-33(35)38(34)31-18-7-5-16-29(31)30-17-6-8-19-32(30)38/h2-24H,1H3. The highest BCUT2D eigenvalue weighted by Gasteiger charge is 2.51. The summed E-state index contributed by atoms with van der Waals surface area (Å²) in [4.78, 5) is 0. The monoisotopic (exact) mass is 498 g/mol. The number of rotatable bonds is 2. The van der Waals surface area contributed by atoms with Gasteiger partial charge in [-0.15, -0.1) is 0 Å². The van der Waals surface area contributed by atoms with Crippen LogP contribution in [0, 0.1) is 6.92 Å². The van der Waals surface area contributed by atoms with Crippen molar-refractivity contribution in [2.75, 3.05) is 0 Å². The van der Waals surface area contributed by atoms with E-state index >= 15 is 0 Å². The highest BCUT2D eigenvalue weighted by molar-refractivity contribution is 5.91. The van der Waals surface area contributed by atoms with Crippen molar-refractivity contribution >= 4 is 0 Å². The summed E-state index contributed by atoms with van der Waals surface area (Å²) in [7, 11) is 0. The topological polar surface area (TPSA) is 9.23 Å². The minimum absolute atomic E-state index is 0.448. The van der Waals surface area contributed by atoms with E-state index in [9.17, 15) is 0 Å². The van der Waals surface area contributed by atoms with Crippen LogP contribution in [-0.4, -0.2) is 0 Å². The molecule has 1 nitrogen and oxygen atoms in total. The predicted octanol–water partition coefficient (Wildman–Crippen LogP) is 9.80. The van der Waals surface area contributed by atoms with E-state index in [1.165, 1.54) is 55.6 Å². The predicted molar refractivity (Wildman–Crippen MR) is 159 cm³/mol. The number of para-hydroxylation sites is 1. The largest absolute Gasteiger partial charge is 0.456 e. The fourth-order valence-electron chi connectivity index (χ4n) is 6.86. The van der Waals surface area contributed by atoms with Gasteiger partial charge in [0.2, 0.25) is 0 Å². The molecule has 0 unspecified atom stereocenters. The van der Waals surface area contributed by atoms with E-state index in [0.717, 1.165) is 17.1 Å². The molecule has 1 heteroatoms. The van der Waals surface area contributed by atoms with Crippen LogP contribution in [0.3, 0.4) is 0 Å². The first-order valence-corrected chi connectivity index (χ1v) is 13.5. The summed E-state index contributed by atoms with van der Waals surface area (Å²) in [6, 6.07) is 50.3. The molecule has 0 atom stereocenters.